The molecule has 5 heteroatoms. The molecule has 2 aliphatic rings. The van der Waals surface area contributed by atoms with Crippen LogP contribution in [-0.2, 0) is 20.9 Å². The molecule has 0 aliphatic heterocycles. The summed E-state index contributed by atoms with van der Waals surface area (Å²) in [6.07, 6.45) is 4.94. The Morgan fingerprint density at radius 2 is 2.05 bits per heavy atom. The number of nitrogens with one attached hydrogen (secondary N) is 1. The van der Waals surface area contributed by atoms with Crippen LogP contribution in [-0.4, -0.2) is 24.7 Å². The quantitative estimate of drug-likeness (QED) is 0.685. The van der Waals surface area contributed by atoms with Crippen LogP contribution in [0.4, 0.5) is 4.79 Å². The molecule has 22 heavy (non-hydrogen) atoms. The summed E-state index contributed by atoms with van der Waals surface area (Å²) in [5.41, 5.74) is -0.0836. The standard InChI is InChI=1S/C17H19NO4/c1-21-15(19)17(10-13-7-8-14(17)9-13)18-16(20)22-11-12-5-3-2-4-6-12/h2-8,13-14H,9-11H2,1H3,(H,18,20)/t13-,14+,17-/m0/s1. The molecule has 2 bridgehead atoms. The van der Waals surface area contributed by atoms with Crippen molar-refractivity contribution in [2.45, 2.75) is 25.0 Å². The Morgan fingerprint density at radius 1 is 1.27 bits per heavy atom. The van der Waals surface area contributed by atoms with Crippen molar-refractivity contribution in [2.75, 3.05) is 7.11 Å². The van der Waals surface area contributed by atoms with E-state index in [9.17, 15) is 9.59 Å². The predicted molar refractivity (Wildman–Crippen MR) is 79.9 cm³/mol. The minimum absolute atomic E-state index is 0.0192. The van der Waals surface area contributed by atoms with Crippen LogP contribution in [0.25, 0.3) is 0 Å². The van der Waals surface area contributed by atoms with Crippen molar-refractivity contribution >= 4 is 12.1 Å². The maximum atomic E-state index is 12.2. The van der Waals surface area contributed by atoms with Gasteiger partial charge in [-0.1, -0.05) is 42.5 Å². The highest BCUT2D eigenvalue weighted by molar-refractivity contribution is 5.87. The zero-order valence-electron chi connectivity index (χ0n) is 12.5. The van der Waals surface area contributed by atoms with Crippen LogP contribution < -0.4 is 5.32 Å². The Bertz CT molecular complexity index is 598. The SMILES string of the molecule is COC(=O)[C@]1(NC(=O)OCc2ccccc2)C[C@H]2C=C[C@@H]1C2. The second-order valence-electron chi connectivity index (χ2n) is 5.84. The Kier molecular flexibility index (Phi) is 3.88. The molecule has 0 radical (unpaired) electrons. The Hall–Kier alpha value is -2.30. The summed E-state index contributed by atoms with van der Waals surface area (Å²) in [6, 6.07) is 9.42. The molecule has 1 saturated carbocycles. The number of amides is 1. The van der Waals surface area contributed by atoms with Crippen molar-refractivity contribution in [1.29, 1.82) is 0 Å². The van der Waals surface area contributed by atoms with Crippen LogP contribution in [0.5, 0.6) is 0 Å². The van der Waals surface area contributed by atoms with Gasteiger partial charge in [0.25, 0.3) is 0 Å². The van der Waals surface area contributed by atoms with E-state index in [0.717, 1.165) is 12.0 Å². The number of allylic oxidation sites excluding steroid dienone is 1. The summed E-state index contributed by atoms with van der Waals surface area (Å²) in [5.74, 6) is -0.103. The Morgan fingerprint density at radius 3 is 2.64 bits per heavy atom. The minimum atomic E-state index is -0.984. The highest BCUT2D eigenvalue weighted by Gasteiger charge is 2.55. The number of benzene rings is 1. The number of alkyl carbamates (subject to hydrolysis) is 1. The zero-order chi connectivity index (χ0) is 15.6. The Balaban J connectivity index is 1.65. The number of carbonyl (C=O) groups is 2. The molecule has 5 nitrogen and oxygen atoms in total. The lowest BCUT2D eigenvalue weighted by Gasteiger charge is -2.33. The number of carbonyl (C=O) groups excluding carboxylic acids is 2. The van der Waals surface area contributed by atoms with E-state index in [0.29, 0.717) is 12.3 Å². The molecular weight excluding hydrogens is 282 g/mol. The van der Waals surface area contributed by atoms with Crippen LogP contribution >= 0.6 is 0 Å². The van der Waals surface area contributed by atoms with E-state index >= 15 is 0 Å². The van der Waals surface area contributed by atoms with Crippen LogP contribution in [0.15, 0.2) is 42.5 Å². The van der Waals surface area contributed by atoms with Crippen molar-refractivity contribution in [3.05, 3.63) is 48.0 Å². The van der Waals surface area contributed by atoms with E-state index in [1.807, 2.05) is 36.4 Å². The highest BCUT2D eigenvalue weighted by Crippen LogP contribution is 2.46. The first kappa shape index (κ1) is 14.6. The molecule has 1 aromatic rings. The van der Waals surface area contributed by atoms with Gasteiger partial charge in [-0.15, -0.1) is 0 Å². The van der Waals surface area contributed by atoms with Crippen LogP contribution in [0.2, 0.25) is 0 Å². The van der Waals surface area contributed by atoms with E-state index in [2.05, 4.69) is 11.4 Å². The average molecular weight is 301 g/mol. The molecule has 0 heterocycles. The van der Waals surface area contributed by atoms with Crippen molar-refractivity contribution < 1.29 is 19.1 Å². The van der Waals surface area contributed by atoms with Crippen LogP contribution in [0, 0.1) is 11.8 Å². The molecule has 0 aromatic heterocycles. The van der Waals surface area contributed by atoms with Gasteiger partial charge in [-0.25, -0.2) is 9.59 Å². The lowest BCUT2D eigenvalue weighted by molar-refractivity contribution is -0.149. The molecule has 2 aliphatic carbocycles. The second-order valence-corrected chi connectivity index (χ2v) is 5.84. The molecule has 1 N–H and O–H groups in total. The summed E-state index contributed by atoms with van der Waals surface area (Å²) >= 11 is 0. The van der Waals surface area contributed by atoms with E-state index in [1.54, 1.807) is 0 Å². The number of rotatable bonds is 4. The third-order valence-electron chi connectivity index (χ3n) is 4.48. The van der Waals surface area contributed by atoms with Gasteiger partial charge in [-0.2, -0.15) is 0 Å². The number of ether oxygens (including phenoxy) is 2. The summed E-state index contributed by atoms with van der Waals surface area (Å²) in [4.78, 5) is 24.3. The third kappa shape index (κ3) is 2.58. The summed E-state index contributed by atoms with van der Waals surface area (Å²) < 4.78 is 10.1. The first-order valence-electron chi connectivity index (χ1n) is 7.39. The van der Waals surface area contributed by atoms with Crippen LogP contribution in [0.3, 0.4) is 0 Å². The highest BCUT2D eigenvalue weighted by atomic mass is 16.6. The predicted octanol–water partition coefficient (Wildman–Crippen LogP) is 2.42. The summed E-state index contributed by atoms with van der Waals surface area (Å²) in [6.45, 7) is 0.174. The maximum absolute atomic E-state index is 12.2. The summed E-state index contributed by atoms with van der Waals surface area (Å²) in [5, 5.41) is 2.76. The van der Waals surface area contributed by atoms with Gasteiger partial charge in [0.1, 0.15) is 12.1 Å². The van der Waals surface area contributed by atoms with Gasteiger partial charge in [0.2, 0.25) is 0 Å². The average Bonchev–Trinajstić information content (AvgIpc) is 3.14. The fraction of sp³-hybridized carbons (Fsp3) is 0.412. The smallest absolute Gasteiger partial charge is 0.408 e. The zero-order valence-corrected chi connectivity index (χ0v) is 12.5. The number of fused-ring (bicyclic) bond motifs is 2. The lowest BCUT2D eigenvalue weighted by atomic mass is 9.84. The molecule has 3 atom stereocenters. The molecule has 1 aromatic carbocycles. The minimum Gasteiger partial charge on any atom is -0.467 e. The van der Waals surface area contributed by atoms with Gasteiger partial charge in [0.05, 0.1) is 7.11 Å². The summed E-state index contributed by atoms with van der Waals surface area (Å²) in [7, 11) is 1.34. The normalized spacial score (nSPS) is 28.4. The van der Waals surface area contributed by atoms with E-state index in [-0.39, 0.29) is 12.5 Å². The molecule has 116 valence electrons. The largest absolute Gasteiger partial charge is 0.467 e. The van der Waals surface area contributed by atoms with Crippen molar-refractivity contribution in [2.24, 2.45) is 11.8 Å². The van der Waals surface area contributed by atoms with E-state index in [4.69, 9.17) is 9.47 Å². The molecule has 1 amide bonds. The Labute approximate surface area is 129 Å². The maximum Gasteiger partial charge on any atom is 0.408 e. The van der Waals surface area contributed by atoms with Crippen molar-refractivity contribution in [3.63, 3.8) is 0 Å². The van der Waals surface area contributed by atoms with Gasteiger partial charge in [0.15, 0.2) is 0 Å². The molecule has 0 saturated heterocycles. The van der Waals surface area contributed by atoms with Crippen molar-refractivity contribution in [1.82, 2.24) is 5.32 Å². The monoisotopic (exact) mass is 301 g/mol. The van der Waals surface area contributed by atoms with Gasteiger partial charge >= 0.3 is 12.1 Å². The molecule has 0 spiro atoms. The van der Waals surface area contributed by atoms with Gasteiger partial charge in [0, 0.05) is 5.92 Å². The van der Waals surface area contributed by atoms with Gasteiger partial charge in [-0.05, 0) is 24.3 Å². The molecule has 3 rings (SSSR count). The third-order valence-corrected chi connectivity index (χ3v) is 4.48. The van der Waals surface area contributed by atoms with Crippen molar-refractivity contribution in [3.8, 4) is 0 Å². The van der Waals surface area contributed by atoms with Crippen LogP contribution in [0.1, 0.15) is 18.4 Å². The van der Waals surface area contributed by atoms with Gasteiger partial charge in [-0.3, -0.25) is 0 Å². The fourth-order valence-electron chi connectivity index (χ4n) is 3.41. The van der Waals surface area contributed by atoms with Gasteiger partial charge < -0.3 is 14.8 Å². The number of methoxy groups -OCH3 is 1. The first-order chi connectivity index (χ1) is 10.6. The lowest BCUT2D eigenvalue weighted by Crippen LogP contribution is -2.57. The van der Waals surface area contributed by atoms with E-state index in [1.165, 1.54) is 7.11 Å². The fourth-order valence-corrected chi connectivity index (χ4v) is 3.41. The van der Waals surface area contributed by atoms with E-state index < -0.39 is 17.6 Å². The molecule has 0 unspecified atom stereocenters. The second kappa shape index (κ2) is 5.83. The molecular formula is C17H19NO4. The number of hydrogen-bond donors (Lipinski definition) is 1. The first-order valence-corrected chi connectivity index (χ1v) is 7.39. The number of hydrogen-bond acceptors (Lipinski definition) is 4. The topological polar surface area (TPSA) is 64.6 Å². The molecule has 1 fully saturated rings. The number of esters is 1.